The first-order valence-electron chi connectivity index (χ1n) is 12.8. The number of benzene rings is 4. The van der Waals surface area contributed by atoms with Crippen LogP contribution in [0, 0.1) is 11.6 Å². The van der Waals surface area contributed by atoms with Gasteiger partial charge in [-0.15, -0.1) is 5.10 Å². The maximum Gasteiger partial charge on any atom is 0.335 e. The molecule has 202 valence electrons. The first kappa shape index (κ1) is 25.8. The maximum absolute atomic E-state index is 15.4. The normalized spacial score (nSPS) is 11.2. The number of amides is 1. The predicted molar refractivity (Wildman–Crippen MR) is 150 cm³/mol. The number of carboxylic acid groups (broad SMARTS) is 1. The molecular formula is C32H22F2N4O3. The van der Waals surface area contributed by atoms with E-state index < -0.39 is 11.9 Å². The fourth-order valence-electron chi connectivity index (χ4n) is 4.82. The number of aromatic nitrogens is 3. The molecule has 0 bridgehead atoms. The second-order valence-electron chi connectivity index (χ2n) is 9.60. The molecule has 0 radical (unpaired) electrons. The van der Waals surface area contributed by atoms with Gasteiger partial charge in [0.25, 0.3) is 5.91 Å². The summed E-state index contributed by atoms with van der Waals surface area (Å²) in [6.45, 7) is 0.141. The topological polar surface area (TPSA) is 96.6 Å². The van der Waals surface area contributed by atoms with E-state index in [0.717, 1.165) is 5.39 Å². The van der Waals surface area contributed by atoms with E-state index in [2.05, 4.69) is 15.6 Å². The van der Waals surface area contributed by atoms with Crippen molar-refractivity contribution in [2.45, 2.75) is 13.0 Å². The molecule has 7 nitrogen and oxygen atoms in total. The Kier molecular flexibility index (Phi) is 6.68. The van der Waals surface area contributed by atoms with Crippen LogP contribution < -0.4 is 5.32 Å². The van der Waals surface area contributed by atoms with Gasteiger partial charge >= 0.3 is 5.97 Å². The lowest BCUT2D eigenvalue weighted by Crippen LogP contribution is -2.24. The van der Waals surface area contributed by atoms with Gasteiger partial charge in [-0.25, -0.2) is 18.1 Å². The molecule has 6 aromatic rings. The molecule has 0 saturated heterocycles. The summed E-state index contributed by atoms with van der Waals surface area (Å²) in [4.78, 5) is 24.7. The van der Waals surface area contributed by atoms with Gasteiger partial charge < -0.3 is 10.4 Å². The Hall–Kier alpha value is -5.44. The molecule has 0 spiro atoms. The zero-order valence-electron chi connectivity index (χ0n) is 21.5. The van der Waals surface area contributed by atoms with Gasteiger partial charge in [0.1, 0.15) is 17.2 Å². The molecule has 2 N–H and O–H groups in total. The van der Waals surface area contributed by atoms with Crippen molar-refractivity contribution in [3.63, 3.8) is 0 Å². The average molecular weight is 549 g/mol. The number of nitrogens with one attached hydrogen (secondary N) is 1. The fraction of sp³-hybridized carbons (Fsp3) is 0.0625. The molecule has 2 aromatic heterocycles. The van der Waals surface area contributed by atoms with Crippen molar-refractivity contribution in [1.82, 2.24) is 20.1 Å². The summed E-state index contributed by atoms with van der Waals surface area (Å²) >= 11 is 0. The number of carboxylic acids is 1. The van der Waals surface area contributed by atoms with Gasteiger partial charge in [-0.2, -0.15) is 0 Å². The first-order valence-corrected chi connectivity index (χ1v) is 12.8. The Morgan fingerprint density at radius 1 is 0.878 bits per heavy atom. The third-order valence-corrected chi connectivity index (χ3v) is 6.96. The molecular weight excluding hydrogens is 526 g/mol. The number of pyridine rings is 1. The molecule has 4 aromatic carbocycles. The van der Waals surface area contributed by atoms with Gasteiger partial charge in [0.15, 0.2) is 0 Å². The van der Waals surface area contributed by atoms with Gasteiger partial charge in [0.2, 0.25) is 0 Å². The number of carbonyl (C=O) groups excluding carboxylic acids is 1. The Balaban J connectivity index is 1.39. The van der Waals surface area contributed by atoms with E-state index in [-0.39, 0.29) is 35.7 Å². The number of halogens is 2. The minimum Gasteiger partial charge on any atom is -0.478 e. The van der Waals surface area contributed by atoms with Crippen LogP contribution in [0.2, 0.25) is 0 Å². The first-order chi connectivity index (χ1) is 19.9. The van der Waals surface area contributed by atoms with Crippen LogP contribution in [0.25, 0.3) is 27.4 Å². The van der Waals surface area contributed by atoms with Gasteiger partial charge in [-0.05, 0) is 52.4 Å². The lowest BCUT2D eigenvalue weighted by Gasteiger charge is -2.11. The summed E-state index contributed by atoms with van der Waals surface area (Å²) in [6, 6.07) is 24.4. The van der Waals surface area contributed by atoms with Crippen LogP contribution in [0.5, 0.6) is 0 Å². The molecule has 9 heteroatoms. The standard InChI is InChI=1S/C32H22F2N4O3/c33-25-13-11-20(12-14-25)24-15-27(31(39)35-17-19-5-7-22(8-6-19)32(40)41)30-28(36-37-38(30)18-24)16-23-10-9-21-3-1-2-4-26(21)29(23)34/h1-15,18H,16-17H2,(H,35,39)(H,40,41). The molecule has 1 amide bonds. The molecule has 0 fully saturated rings. The van der Waals surface area contributed by atoms with E-state index >= 15 is 4.39 Å². The highest BCUT2D eigenvalue weighted by Crippen LogP contribution is 2.28. The highest BCUT2D eigenvalue weighted by molar-refractivity contribution is 6.02. The van der Waals surface area contributed by atoms with Crippen molar-refractivity contribution in [2.24, 2.45) is 0 Å². The van der Waals surface area contributed by atoms with Crippen molar-refractivity contribution in [1.29, 1.82) is 0 Å². The summed E-state index contributed by atoms with van der Waals surface area (Å²) in [5.74, 6) is -2.21. The third kappa shape index (κ3) is 5.12. The fourth-order valence-corrected chi connectivity index (χ4v) is 4.82. The zero-order valence-corrected chi connectivity index (χ0v) is 21.5. The van der Waals surface area contributed by atoms with Gasteiger partial charge in [-0.3, -0.25) is 4.79 Å². The molecule has 0 unspecified atom stereocenters. The molecule has 0 atom stereocenters. The van der Waals surface area contributed by atoms with E-state index in [1.165, 1.54) is 28.8 Å². The van der Waals surface area contributed by atoms with E-state index in [4.69, 9.17) is 5.11 Å². The minimum absolute atomic E-state index is 0.104. The Morgan fingerprint density at radius 2 is 1.63 bits per heavy atom. The second-order valence-corrected chi connectivity index (χ2v) is 9.60. The number of nitrogens with zero attached hydrogens (tertiary/aromatic N) is 3. The smallest absolute Gasteiger partial charge is 0.335 e. The van der Waals surface area contributed by atoms with Crippen LogP contribution in [0.3, 0.4) is 0 Å². The van der Waals surface area contributed by atoms with E-state index in [1.54, 1.807) is 54.7 Å². The van der Waals surface area contributed by atoms with Gasteiger partial charge in [-0.1, -0.05) is 65.9 Å². The molecule has 0 aliphatic carbocycles. The van der Waals surface area contributed by atoms with E-state index in [9.17, 15) is 14.0 Å². The van der Waals surface area contributed by atoms with Crippen LogP contribution in [0.4, 0.5) is 8.78 Å². The Bertz CT molecular complexity index is 1930. The average Bonchev–Trinajstić information content (AvgIpc) is 3.40. The van der Waals surface area contributed by atoms with E-state index in [0.29, 0.717) is 38.9 Å². The molecule has 2 heterocycles. The number of rotatable bonds is 7. The van der Waals surface area contributed by atoms with Crippen LogP contribution in [-0.2, 0) is 13.0 Å². The van der Waals surface area contributed by atoms with Gasteiger partial charge in [0, 0.05) is 30.1 Å². The lowest BCUT2D eigenvalue weighted by atomic mass is 10.00. The van der Waals surface area contributed by atoms with Crippen LogP contribution in [0.15, 0.2) is 97.2 Å². The zero-order chi connectivity index (χ0) is 28.5. The summed E-state index contributed by atoms with van der Waals surface area (Å²) in [7, 11) is 0. The van der Waals surface area contributed by atoms with Crippen LogP contribution >= 0.6 is 0 Å². The summed E-state index contributed by atoms with van der Waals surface area (Å²) < 4.78 is 30.5. The largest absolute Gasteiger partial charge is 0.478 e. The number of fused-ring (bicyclic) bond motifs is 2. The van der Waals surface area contributed by atoms with Crippen molar-refractivity contribution in [3.05, 3.63) is 137 Å². The second kappa shape index (κ2) is 10.6. The highest BCUT2D eigenvalue weighted by Gasteiger charge is 2.20. The van der Waals surface area contributed by atoms with E-state index in [1.807, 2.05) is 18.2 Å². The van der Waals surface area contributed by atoms with Crippen molar-refractivity contribution in [3.8, 4) is 11.1 Å². The highest BCUT2D eigenvalue weighted by atomic mass is 19.1. The van der Waals surface area contributed by atoms with Crippen LogP contribution in [0.1, 0.15) is 37.5 Å². The summed E-state index contributed by atoms with van der Waals surface area (Å²) in [5, 5.41) is 21.8. The minimum atomic E-state index is -1.04. The third-order valence-electron chi connectivity index (χ3n) is 6.96. The molecule has 6 rings (SSSR count). The van der Waals surface area contributed by atoms with Crippen molar-refractivity contribution in [2.75, 3.05) is 0 Å². The maximum atomic E-state index is 15.4. The number of hydrogen-bond donors (Lipinski definition) is 2. The van der Waals surface area contributed by atoms with Crippen molar-refractivity contribution >= 4 is 28.2 Å². The number of hydrogen-bond acceptors (Lipinski definition) is 4. The number of carbonyl (C=O) groups is 2. The van der Waals surface area contributed by atoms with Crippen molar-refractivity contribution < 1.29 is 23.5 Å². The molecule has 0 aliphatic rings. The molecule has 0 aliphatic heterocycles. The van der Waals surface area contributed by atoms with Gasteiger partial charge in [0.05, 0.1) is 16.8 Å². The predicted octanol–water partition coefficient (Wildman–Crippen LogP) is 6.05. The van der Waals surface area contributed by atoms with Crippen LogP contribution in [-0.4, -0.2) is 31.8 Å². The number of aromatic carboxylic acids is 1. The summed E-state index contributed by atoms with van der Waals surface area (Å²) in [6.07, 6.45) is 1.80. The molecule has 0 saturated carbocycles. The monoisotopic (exact) mass is 548 g/mol. The lowest BCUT2D eigenvalue weighted by molar-refractivity contribution is 0.0696. The SMILES string of the molecule is O=C(O)c1ccc(CNC(=O)c2cc(-c3ccc(F)cc3)cn3nnc(Cc4ccc5ccccc5c4F)c23)cc1. The molecule has 41 heavy (non-hydrogen) atoms. The Morgan fingerprint density at radius 3 is 2.39 bits per heavy atom. The quantitative estimate of drug-likeness (QED) is 0.253. The summed E-state index contributed by atoms with van der Waals surface area (Å²) in [5.41, 5.74) is 3.64. The Labute approximate surface area is 232 Å².